The number of carbonyl (C=O) groups excluding carboxylic acids is 2. The lowest BCUT2D eigenvalue weighted by molar-refractivity contribution is -0.152. The molecule has 4 heteroatoms. The molecule has 2 bridgehead atoms. The smallest absolute Gasteiger partial charge is 0.302 e. The van der Waals surface area contributed by atoms with Crippen LogP contribution in [0.15, 0.2) is 0 Å². The Morgan fingerprint density at radius 1 is 1.07 bits per heavy atom. The highest BCUT2D eigenvalue weighted by molar-refractivity contribution is 5.67. The van der Waals surface area contributed by atoms with E-state index in [9.17, 15) is 9.59 Å². The molecule has 2 rings (SSSR count). The molecule has 0 aromatic rings. The van der Waals surface area contributed by atoms with Crippen LogP contribution in [-0.4, -0.2) is 24.1 Å². The highest BCUT2D eigenvalue weighted by Gasteiger charge is 2.51. The van der Waals surface area contributed by atoms with Gasteiger partial charge in [-0.2, -0.15) is 0 Å². The lowest BCUT2D eigenvalue weighted by atomic mass is 9.98. The third-order valence-electron chi connectivity index (χ3n) is 3.39. The monoisotopic (exact) mass is 212 g/mol. The van der Waals surface area contributed by atoms with Crippen molar-refractivity contribution >= 4 is 11.9 Å². The number of fused-ring (bicyclic) bond motifs is 2. The molecule has 15 heavy (non-hydrogen) atoms. The van der Waals surface area contributed by atoms with Crippen molar-refractivity contribution in [2.45, 2.75) is 45.3 Å². The quantitative estimate of drug-likeness (QED) is 0.647. The number of hydrogen-bond acceptors (Lipinski definition) is 4. The third-order valence-corrected chi connectivity index (χ3v) is 3.39. The minimum Gasteiger partial charge on any atom is -0.462 e. The first kappa shape index (κ1) is 10.5. The highest BCUT2D eigenvalue weighted by Crippen LogP contribution is 2.47. The van der Waals surface area contributed by atoms with Crippen molar-refractivity contribution < 1.29 is 19.1 Å². The van der Waals surface area contributed by atoms with Crippen LogP contribution in [0.3, 0.4) is 0 Å². The zero-order valence-electron chi connectivity index (χ0n) is 9.06. The number of rotatable bonds is 2. The van der Waals surface area contributed by atoms with Crippen LogP contribution in [0.1, 0.15) is 33.1 Å². The van der Waals surface area contributed by atoms with Gasteiger partial charge in [0, 0.05) is 19.8 Å². The molecule has 0 radical (unpaired) electrons. The summed E-state index contributed by atoms with van der Waals surface area (Å²) in [7, 11) is 0. The predicted molar refractivity (Wildman–Crippen MR) is 51.9 cm³/mol. The Hall–Kier alpha value is -1.06. The zero-order valence-corrected chi connectivity index (χ0v) is 9.06. The SMILES string of the molecule is CC(=O)O[C@@H]1[C@@H]2CC[C@@H]1[C@@H](OC(C)=O)C2. The fourth-order valence-electron chi connectivity index (χ4n) is 2.93. The van der Waals surface area contributed by atoms with Gasteiger partial charge < -0.3 is 9.47 Å². The molecule has 4 atom stereocenters. The van der Waals surface area contributed by atoms with E-state index in [-0.39, 0.29) is 30.1 Å². The van der Waals surface area contributed by atoms with E-state index in [4.69, 9.17) is 9.47 Å². The van der Waals surface area contributed by atoms with Crippen molar-refractivity contribution in [2.75, 3.05) is 0 Å². The molecule has 0 amide bonds. The summed E-state index contributed by atoms with van der Waals surface area (Å²) in [5.74, 6) is 0.139. The lowest BCUT2D eigenvalue weighted by Gasteiger charge is -2.21. The van der Waals surface area contributed by atoms with Crippen LogP contribution in [0.25, 0.3) is 0 Å². The molecule has 0 heterocycles. The lowest BCUT2D eigenvalue weighted by Crippen LogP contribution is -2.27. The highest BCUT2D eigenvalue weighted by atomic mass is 16.6. The number of hydrogen-bond donors (Lipinski definition) is 0. The molecule has 0 N–H and O–H groups in total. The van der Waals surface area contributed by atoms with Gasteiger partial charge in [-0.25, -0.2) is 0 Å². The van der Waals surface area contributed by atoms with E-state index >= 15 is 0 Å². The Morgan fingerprint density at radius 3 is 2.33 bits per heavy atom. The van der Waals surface area contributed by atoms with E-state index in [1.165, 1.54) is 13.8 Å². The van der Waals surface area contributed by atoms with Crippen LogP contribution in [0, 0.1) is 11.8 Å². The maximum absolute atomic E-state index is 10.9. The number of carbonyl (C=O) groups is 2. The Morgan fingerprint density at radius 2 is 1.73 bits per heavy atom. The standard InChI is InChI=1S/C11H16O4/c1-6(12)14-10-5-8-3-4-9(10)11(8)15-7(2)13/h8-11H,3-5H2,1-2H3/t8-,9-,10+,11-/m1/s1. The van der Waals surface area contributed by atoms with Crippen LogP contribution in [0.5, 0.6) is 0 Å². The van der Waals surface area contributed by atoms with Gasteiger partial charge in [-0.05, 0) is 25.2 Å². The maximum atomic E-state index is 10.9. The van der Waals surface area contributed by atoms with Crippen molar-refractivity contribution in [1.29, 1.82) is 0 Å². The van der Waals surface area contributed by atoms with Crippen LogP contribution in [0.2, 0.25) is 0 Å². The van der Waals surface area contributed by atoms with Gasteiger partial charge >= 0.3 is 11.9 Å². The molecular formula is C11H16O4. The minimum absolute atomic E-state index is 0.0214. The average molecular weight is 212 g/mol. The molecule has 2 aliphatic carbocycles. The van der Waals surface area contributed by atoms with Crippen LogP contribution in [0.4, 0.5) is 0 Å². The van der Waals surface area contributed by atoms with Gasteiger partial charge in [-0.15, -0.1) is 0 Å². The molecule has 84 valence electrons. The van der Waals surface area contributed by atoms with Crippen molar-refractivity contribution in [3.8, 4) is 0 Å². The zero-order chi connectivity index (χ0) is 11.0. The predicted octanol–water partition coefficient (Wildman–Crippen LogP) is 1.28. The largest absolute Gasteiger partial charge is 0.462 e. The summed E-state index contributed by atoms with van der Waals surface area (Å²) < 4.78 is 10.5. The molecule has 0 aliphatic heterocycles. The van der Waals surface area contributed by atoms with Gasteiger partial charge in [0.2, 0.25) is 0 Å². The topological polar surface area (TPSA) is 52.6 Å². The minimum atomic E-state index is -0.242. The Balaban J connectivity index is 1.99. The summed E-state index contributed by atoms with van der Waals surface area (Å²) in [4.78, 5) is 21.8. The van der Waals surface area contributed by atoms with Crippen molar-refractivity contribution in [3.63, 3.8) is 0 Å². The molecule has 2 fully saturated rings. The number of ether oxygens (including phenoxy) is 2. The first-order valence-electron chi connectivity index (χ1n) is 5.42. The summed E-state index contributed by atoms with van der Waals surface area (Å²) in [5.41, 5.74) is 0. The first-order valence-corrected chi connectivity index (χ1v) is 5.42. The molecular weight excluding hydrogens is 196 g/mol. The van der Waals surface area contributed by atoms with E-state index < -0.39 is 0 Å². The summed E-state index contributed by atoms with van der Waals surface area (Å²) >= 11 is 0. The van der Waals surface area contributed by atoms with E-state index in [0.29, 0.717) is 5.92 Å². The van der Waals surface area contributed by atoms with Gasteiger partial charge in [0.15, 0.2) is 0 Å². The first-order chi connectivity index (χ1) is 7.08. The molecule has 2 aliphatic rings. The van der Waals surface area contributed by atoms with Gasteiger partial charge in [0.1, 0.15) is 12.2 Å². The molecule has 0 spiro atoms. The fraction of sp³-hybridized carbons (Fsp3) is 0.818. The van der Waals surface area contributed by atoms with Gasteiger partial charge in [0.25, 0.3) is 0 Å². The summed E-state index contributed by atoms with van der Waals surface area (Å²) in [5, 5.41) is 0. The van der Waals surface area contributed by atoms with Gasteiger partial charge in [-0.3, -0.25) is 9.59 Å². The Kier molecular flexibility index (Phi) is 2.67. The van der Waals surface area contributed by atoms with Crippen molar-refractivity contribution in [2.24, 2.45) is 11.8 Å². The molecule has 0 aromatic heterocycles. The maximum Gasteiger partial charge on any atom is 0.302 e. The van der Waals surface area contributed by atoms with E-state index in [1.807, 2.05) is 0 Å². The molecule has 0 aromatic carbocycles. The van der Waals surface area contributed by atoms with Crippen molar-refractivity contribution in [3.05, 3.63) is 0 Å². The normalized spacial score (nSPS) is 37.7. The van der Waals surface area contributed by atoms with Crippen LogP contribution >= 0.6 is 0 Å². The van der Waals surface area contributed by atoms with E-state index in [1.54, 1.807) is 0 Å². The summed E-state index contributed by atoms with van der Waals surface area (Å²) in [6.45, 7) is 2.85. The molecule has 0 unspecified atom stereocenters. The second kappa shape index (κ2) is 3.83. The number of esters is 2. The summed E-state index contributed by atoms with van der Waals surface area (Å²) in [6, 6.07) is 0. The van der Waals surface area contributed by atoms with Gasteiger partial charge in [-0.1, -0.05) is 0 Å². The van der Waals surface area contributed by atoms with E-state index in [0.717, 1.165) is 19.3 Å². The Bertz CT molecular complexity index is 286. The summed E-state index contributed by atoms with van der Waals surface area (Å²) in [6.07, 6.45) is 2.88. The van der Waals surface area contributed by atoms with Gasteiger partial charge in [0.05, 0.1) is 0 Å². The second-order valence-corrected chi connectivity index (χ2v) is 4.46. The van der Waals surface area contributed by atoms with Crippen molar-refractivity contribution in [1.82, 2.24) is 0 Å². The average Bonchev–Trinajstić information content (AvgIpc) is 2.60. The third kappa shape index (κ3) is 1.98. The van der Waals surface area contributed by atoms with E-state index in [2.05, 4.69) is 0 Å². The molecule has 4 nitrogen and oxygen atoms in total. The Labute approximate surface area is 88.9 Å². The molecule has 2 saturated carbocycles. The van der Waals surface area contributed by atoms with Crippen LogP contribution in [-0.2, 0) is 19.1 Å². The van der Waals surface area contributed by atoms with Crippen LogP contribution < -0.4 is 0 Å². The molecule has 0 saturated heterocycles. The fourth-order valence-corrected chi connectivity index (χ4v) is 2.93. The second-order valence-electron chi connectivity index (χ2n) is 4.46.